The van der Waals surface area contributed by atoms with Crippen molar-refractivity contribution in [3.63, 3.8) is 0 Å². The van der Waals surface area contributed by atoms with E-state index in [1.165, 1.54) is 5.56 Å². The van der Waals surface area contributed by atoms with Crippen LogP contribution in [0.1, 0.15) is 31.7 Å². The van der Waals surface area contributed by atoms with Crippen LogP contribution in [0.4, 0.5) is 0 Å². The van der Waals surface area contributed by atoms with Crippen LogP contribution in [-0.4, -0.2) is 46.9 Å². The number of sulfonamides is 1. The fourth-order valence-electron chi connectivity index (χ4n) is 2.12. The van der Waals surface area contributed by atoms with Gasteiger partial charge in [-0.15, -0.1) is 24.0 Å². The topological polar surface area (TPSA) is 106 Å². The predicted octanol–water partition coefficient (Wildman–Crippen LogP) is 1.65. The third kappa shape index (κ3) is 10.5. The molecule has 1 rings (SSSR count). The molecule has 0 saturated carbocycles. The zero-order chi connectivity index (χ0) is 18.0. The van der Waals surface area contributed by atoms with Crippen LogP contribution < -0.4 is 20.5 Å². The monoisotopic (exact) mass is 484 g/mol. The number of aliphatic imine (C=N–C) groups is 1. The van der Waals surface area contributed by atoms with E-state index in [0.29, 0.717) is 25.0 Å². The van der Waals surface area contributed by atoms with E-state index in [-0.39, 0.29) is 36.3 Å². The van der Waals surface area contributed by atoms with Crippen molar-refractivity contribution in [2.75, 3.05) is 32.5 Å². The molecule has 0 aromatic heterocycles. The molecule has 1 atom stereocenters. The lowest BCUT2D eigenvalue weighted by molar-refractivity contribution is 0.414. The molecule has 0 bridgehead atoms. The fourth-order valence-corrected chi connectivity index (χ4v) is 2.51. The highest BCUT2D eigenvalue weighted by Crippen LogP contribution is 2.21. The van der Waals surface area contributed by atoms with Gasteiger partial charge in [-0.1, -0.05) is 19.1 Å². The Morgan fingerprint density at radius 3 is 2.44 bits per heavy atom. The highest BCUT2D eigenvalue weighted by molar-refractivity contribution is 14.0. The summed E-state index contributed by atoms with van der Waals surface area (Å²) in [5.74, 6) is 1.69. The lowest BCUT2D eigenvalue weighted by Crippen LogP contribution is -2.40. The van der Waals surface area contributed by atoms with Crippen molar-refractivity contribution in [1.29, 1.82) is 0 Å². The molecule has 1 unspecified atom stereocenters. The Bertz CT molecular complexity index is 621. The second kappa shape index (κ2) is 12.3. The number of methoxy groups -OCH3 is 1. The average molecular weight is 484 g/mol. The van der Waals surface area contributed by atoms with E-state index in [9.17, 15) is 8.42 Å². The number of nitrogens with two attached hydrogens (primary N) is 1. The Hall–Kier alpha value is -1.07. The van der Waals surface area contributed by atoms with E-state index in [1.807, 2.05) is 19.1 Å². The molecule has 144 valence electrons. The zero-order valence-corrected chi connectivity index (χ0v) is 18.1. The molecule has 9 heteroatoms. The number of hydrogen-bond donors (Lipinski definition) is 3. The average Bonchev–Trinajstić information content (AvgIpc) is 2.53. The Morgan fingerprint density at radius 1 is 1.28 bits per heavy atom. The molecule has 1 aromatic rings. The van der Waals surface area contributed by atoms with Crippen LogP contribution in [0, 0.1) is 0 Å². The summed E-state index contributed by atoms with van der Waals surface area (Å²) in [6.07, 6.45) is 0.887. The second-order valence-electron chi connectivity index (χ2n) is 5.52. The molecule has 0 aliphatic heterocycles. The van der Waals surface area contributed by atoms with Gasteiger partial charge in [-0.3, -0.25) is 4.99 Å². The first-order chi connectivity index (χ1) is 11.4. The minimum atomic E-state index is -3.47. The van der Waals surface area contributed by atoms with Gasteiger partial charge in [-0.2, -0.15) is 0 Å². The van der Waals surface area contributed by atoms with Crippen LogP contribution in [0.25, 0.3) is 0 Å². The van der Waals surface area contributed by atoms with Gasteiger partial charge in [0.25, 0.3) is 0 Å². The molecule has 25 heavy (non-hydrogen) atoms. The van der Waals surface area contributed by atoms with Gasteiger partial charge in [0, 0.05) is 19.6 Å². The molecule has 0 aliphatic carbocycles. The standard InChI is InChI=1S/C16H28N4O3S.HI/c1-4-18-16(20-11-12-24(17,21)22)19-10-9-13(2)14-5-7-15(23-3)8-6-14;/h5-8,13H,4,9-12H2,1-3H3,(H2,17,21,22)(H2,18,19,20);1H. The maximum Gasteiger partial charge on any atom is 0.210 e. The summed E-state index contributed by atoms with van der Waals surface area (Å²) >= 11 is 0. The van der Waals surface area contributed by atoms with Gasteiger partial charge in [0.15, 0.2) is 5.96 Å². The number of nitrogens with zero attached hydrogens (tertiary/aromatic N) is 1. The van der Waals surface area contributed by atoms with Gasteiger partial charge in [-0.25, -0.2) is 13.6 Å². The van der Waals surface area contributed by atoms with E-state index in [4.69, 9.17) is 9.88 Å². The van der Waals surface area contributed by atoms with Crippen molar-refractivity contribution in [2.24, 2.45) is 10.1 Å². The maximum atomic E-state index is 10.9. The van der Waals surface area contributed by atoms with E-state index < -0.39 is 10.0 Å². The Labute approximate surface area is 167 Å². The molecular formula is C16H29IN4O3S. The zero-order valence-electron chi connectivity index (χ0n) is 15.0. The lowest BCUT2D eigenvalue weighted by atomic mass is 9.98. The van der Waals surface area contributed by atoms with E-state index in [2.05, 4.69) is 34.7 Å². The third-order valence-electron chi connectivity index (χ3n) is 3.54. The molecule has 0 saturated heterocycles. The summed E-state index contributed by atoms with van der Waals surface area (Å²) in [6, 6.07) is 8.02. The summed E-state index contributed by atoms with van der Waals surface area (Å²) in [5, 5.41) is 11.0. The van der Waals surface area contributed by atoms with Gasteiger partial charge in [0.1, 0.15) is 5.75 Å². The molecule has 7 nitrogen and oxygen atoms in total. The van der Waals surface area contributed by atoms with E-state index in [0.717, 1.165) is 12.2 Å². The van der Waals surface area contributed by atoms with E-state index >= 15 is 0 Å². The second-order valence-corrected chi connectivity index (χ2v) is 7.25. The summed E-state index contributed by atoms with van der Waals surface area (Å²) in [6.45, 7) is 5.68. The molecule has 1 aromatic carbocycles. The Balaban J connectivity index is 0.00000576. The summed E-state index contributed by atoms with van der Waals surface area (Å²) < 4.78 is 27.0. The van der Waals surface area contributed by atoms with Crippen molar-refractivity contribution in [1.82, 2.24) is 10.6 Å². The Kier molecular flexibility index (Phi) is 11.8. The quantitative estimate of drug-likeness (QED) is 0.281. The van der Waals surface area contributed by atoms with Crippen molar-refractivity contribution >= 4 is 40.0 Å². The Morgan fingerprint density at radius 2 is 1.92 bits per heavy atom. The summed E-state index contributed by atoms with van der Waals surface area (Å²) in [7, 11) is -1.81. The van der Waals surface area contributed by atoms with Gasteiger partial charge < -0.3 is 15.4 Å². The van der Waals surface area contributed by atoms with Crippen LogP contribution in [0.15, 0.2) is 29.3 Å². The van der Waals surface area contributed by atoms with Crippen LogP contribution in [0.3, 0.4) is 0 Å². The third-order valence-corrected chi connectivity index (χ3v) is 4.31. The molecule has 0 amide bonds. The van der Waals surface area contributed by atoms with Crippen molar-refractivity contribution < 1.29 is 13.2 Å². The molecular weight excluding hydrogens is 455 g/mol. The number of halogens is 1. The molecule has 0 fully saturated rings. The van der Waals surface area contributed by atoms with Gasteiger partial charge in [0.2, 0.25) is 10.0 Å². The number of benzene rings is 1. The molecule has 4 N–H and O–H groups in total. The number of primary sulfonamides is 1. The first-order valence-electron chi connectivity index (χ1n) is 8.02. The lowest BCUT2D eigenvalue weighted by Gasteiger charge is -2.13. The normalized spacial score (nSPS) is 12.9. The first-order valence-corrected chi connectivity index (χ1v) is 9.74. The molecule has 0 aliphatic rings. The summed E-state index contributed by atoms with van der Waals surface area (Å²) in [5.41, 5.74) is 1.23. The van der Waals surface area contributed by atoms with Crippen LogP contribution >= 0.6 is 24.0 Å². The van der Waals surface area contributed by atoms with Crippen molar-refractivity contribution in [2.45, 2.75) is 26.2 Å². The number of nitrogens with one attached hydrogen (secondary N) is 2. The van der Waals surface area contributed by atoms with E-state index in [1.54, 1.807) is 7.11 Å². The molecule has 0 heterocycles. The van der Waals surface area contributed by atoms with Gasteiger partial charge >= 0.3 is 0 Å². The first kappa shape index (κ1) is 23.9. The smallest absolute Gasteiger partial charge is 0.210 e. The van der Waals surface area contributed by atoms with Crippen LogP contribution in [-0.2, 0) is 10.0 Å². The minimum absolute atomic E-state index is 0. The number of ether oxygens (including phenoxy) is 1. The summed E-state index contributed by atoms with van der Waals surface area (Å²) in [4.78, 5) is 4.47. The van der Waals surface area contributed by atoms with Crippen LogP contribution in [0.2, 0.25) is 0 Å². The molecule has 0 spiro atoms. The van der Waals surface area contributed by atoms with Gasteiger partial charge in [0.05, 0.1) is 12.9 Å². The highest BCUT2D eigenvalue weighted by Gasteiger charge is 2.07. The van der Waals surface area contributed by atoms with Crippen molar-refractivity contribution in [3.05, 3.63) is 29.8 Å². The van der Waals surface area contributed by atoms with Crippen LogP contribution in [0.5, 0.6) is 5.75 Å². The molecule has 0 radical (unpaired) electrons. The van der Waals surface area contributed by atoms with Crippen molar-refractivity contribution in [3.8, 4) is 5.75 Å². The van der Waals surface area contributed by atoms with Gasteiger partial charge in [-0.05, 0) is 37.0 Å². The highest BCUT2D eigenvalue weighted by atomic mass is 127. The maximum absolute atomic E-state index is 10.9. The predicted molar refractivity (Wildman–Crippen MR) is 113 cm³/mol. The largest absolute Gasteiger partial charge is 0.497 e. The SMILES string of the molecule is CCNC(=NCCC(C)c1ccc(OC)cc1)NCCS(N)(=O)=O.I. The number of hydrogen-bond acceptors (Lipinski definition) is 4. The minimum Gasteiger partial charge on any atom is -0.497 e. The fraction of sp³-hybridized carbons (Fsp3) is 0.562. The number of guanidine groups is 1. The number of rotatable bonds is 9.